The summed E-state index contributed by atoms with van der Waals surface area (Å²) in [5.41, 5.74) is 0.640. The van der Waals surface area contributed by atoms with Gasteiger partial charge in [0, 0.05) is 38.6 Å². The zero-order valence-electron chi connectivity index (χ0n) is 12.9. The third-order valence-corrected chi connectivity index (χ3v) is 5.64. The first-order valence-electron chi connectivity index (χ1n) is 8.44. The Balaban J connectivity index is 1.44. The van der Waals surface area contributed by atoms with Gasteiger partial charge in [-0.3, -0.25) is 9.69 Å². The molecule has 2 saturated heterocycles. The number of hydrogen-bond donors (Lipinski definition) is 1. The fourth-order valence-electron chi connectivity index (χ4n) is 3.73. The fraction of sp³-hybridized carbons (Fsp3) is 0.938. The van der Waals surface area contributed by atoms with Gasteiger partial charge in [0.15, 0.2) is 0 Å². The maximum atomic E-state index is 12.5. The first-order chi connectivity index (χ1) is 9.72. The van der Waals surface area contributed by atoms with Crippen LogP contribution in [0.3, 0.4) is 0 Å². The van der Waals surface area contributed by atoms with E-state index in [1.807, 2.05) is 0 Å². The molecule has 2 aliphatic heterocycles. The molecular formula is C16H29N3O. The van der Waals surface area contributed by atoms with E-state index < -0.39 is 0 Å². The number of carbonyl (C=O) groups is 1. The number of piperidine rings is 1. The lowest BCUT2D eigenvalue weighted by Crippen LogP contribution is -2.52. The topological polar surface area (TPSA) is 35.6 Å². The summed E-state index contributed by atoms with van der Waals surface area (Å²) >= 11 is 0. The number of nitrogens with zero attached hydrogens (tertiary/aromatic N) is 2. The molecule has 114 valence electrons. The molecule has 0 spiro atoms. The molecule has 2 heterocycles. The van der Waals surface area contributed by atoms with Crippen molar-refractivity contribution in [3.05, 3.63) is 0 Å². The van der Waals surface area contributed by atoms with Crippen molar-refractivity contribution < 1.29 is 4.79 Å². The summed E-state index contributed by atoms with van der Waals surface area (Å²) in [5.74, 6) is 0.705. The van der Waals surface area contributed by atoms with Gasteiger partial charge in [-0.25, -0.2) is 0 Å². The molecule has 4 nitrogen and oxygen atoms in total. The van der Waals surface area contributed by atoms with Gasteiger partial charge in [0.05, 0.1) is 0 Å². The minimum absolute atomic E-state index is 0.285. The molecular weight excluding hydrogens is 250 g/mol. The van der Waals surface area contributed by atoms with E-state index in [1.54, 1.807) is 0 Å². The lowest BCUT2D eigenvalue weighted by Gasteiger charge is -2.38. The average molecular weight is 279 g/mol. The Morgan fingerprint density at radius 2 is 1.80 bits per heavy atom. The molecule has 0 aromatic rings. The smallest absolute Gasteiger partial charge is 0.225 e. The van der Waals surface area contributed by atoms with Crippen LogP contribution in [0.15, 0.2) is 0 Å². The summed E-state index contributed by atoms with van der Waals surface area (Å²) in [4.78, 5) is 17.2. The number of rotatable bonds is 4. The van der Waals surface area contributed by atoms with Gasteiger partial charge in [-0.2, -0.15) is 0 Å². The highest BCUT2D eigenvalue weighted by Gasteiger charge is 2.42. The first kappa shape index (κ1) is 14.3. The van der Waals surface area contributed by atoms with Gasteiger partial charge in [0.25, 0.3) is 0 Å². The predicted molar refractivity (Wildman–Crippen MR) is 80.6 cm³/mol. The van der Waals surface area contributed by atoms with Crippen molar-refractivity contribution in [2.24, 2.45) is 11.3 Å². The van der Waals surface area contributed by atoms with Crippen LogP contribution in [0.1, 0.15) is 39.0 Å². The molecule has 0 radical (unpaired) electrons. The molecule has 0 bridgehead atoms. The first-order valence-corrected chi connectivity index (χ1v) is 8.44. The average Bonchev–Trinajstić information content (AvgIpc) is 3.28. The van der Waals surface area contributed by atoms with Gasteiger partial charge in [-0.1, -0.05) is 6.92 Å². The van der Waals surface area contributed by atoms with E-state index in [9.17, 15) is 4.79 Å². The van der Waals surface area contributed by atoms with Crippen LogP contribution in [0.5, 0.6) is 0 Å². The predicted octanol–water partition coefficient (Wildman–Crippen LogP) is 1.32. The van der Waals surface area contributed by atoms with Gasteiger partial charge in [-0.05, 0) is 50.6 Å². The minimum Gasteiger partial charge on any atom is -0.340 e. The Hall–Kier alpha value is -0.610. The molecule has 1 aliphatic carbocycles. The second kappa shape index (κ2) is 6.02. The molecule has 1 N–H and O–H groups in total. The molecule has 0 aromatic carbocycles. The monoisotopic (exact) mass is 279 g/mol. The van der Waals surface area contributed by atoms with Gasteiger partial charge >= 0.3 is 0 Å². The van der Waals surface area contributed by atoms with E-state index in [0.29, 0.717) is 11.3 Å². The lowest BCUT2D eigenvalue weighted by atomic mass is 9.96. The van der Waals surface area contributed by atoms with Gasteiger partial charge < -0.3 is 10.2 Å². The molecule has 0 unspecified atom stereocenters. The molecule has 0 aromatic heterocycles. The quantitative estimate of drug-likeness (QED) is 0.843. The summed E-state index contributed by atoms with van der Waals surface area (Å²) in [6.07, 6.45) is 6.20. The highest BCUT2D eigenvalue weighted by atomic mass is 16.2. The molecule has 1 saturated carbocycles. The fourth-order valence-corrected chi connectivity index (χ4v) is 3.73. The van der Waals surface area contributed by atoms with Crippen molar-refractivity contribution in [1.82, 2.24) is 15.1 Å². The number of piperazine rings is 1. The summed E-state index contributed by atoms with van der Waals surface area (Å²) in [6.45, 7) is 9.66. The standard InChI is InChI=1S/C16H29N3O/c1-2-16(5-6-16)13-18-9-11-19(12-10-18)15(20)14-3-7-17-8-4-14/h14,17H,2-13H2,1H3. The van der Waals surface area contributed by atoms with Crippen LogP contribution in [0.25, 0.3) is 0 Å². The largest absolute Gasteiger partial charge is 0.340 e. The number of amides is 1. The van der Waals surface area contributed by atoms with Gasteiger partial charge in [-0.15, -0.1) is 0 Å². The summed E-state index contributed by atoms with van der Waals surface area (Å²) in [7, 11) is 0. The zero-order valence-corrected chi connectivity index (χ0v) is 12.9. The molecule has 3 rings (SSSR count). The highest BCUT2D eigenvalue weighted by molar-refractivity contribution is 5.79. The van der Waals surface area contributed by atoms with Crippen LogP contribution in [0, 0.1) is 11.3 Å². The molecule has 20 heavy (non-hydrogen) atoms. The molecule has 4 heteroatoms. The van der Waals surface area contributed by atoms with Crippen molar-refractivity contribution in [1.29, 1.82) is 0 Å². The molecule has 1 amide bonds. The molecule has 3 aliphatic rings. The van der Waals surface area contributed by atoms with Crippen molar-refractivity contribution >= 4 is 5.91 Å². The summed E-state index contributed by atoms with van der Waals surface area (Å²) in [5, 5.41) is 3.34. The van der Waals surface area contributed by atoms with Crippen molar-refractivity contribution in [3.8, 4) is 0 Å². The van der Waals surface area contributed by atoms with Crippen LogP contribution in [-0.4, -0.2) is 61.5 Å². The molecule has 3 fully saturated rings. The van der Waals surface area contributed by atoms with Gasteiger partial charge in [0.1, 0.15) is 0 Å². The number of nitrogens with one attached hydrogen (secondary N) is 1. The second-order valence-corrected chi connectivity index (χ2v) is 6.98. The lowest BCUT2D eigenvalue weighted by molar-refractivity contribution is -0.138. The third kappa shape index (κ3) is 3.17. The Bertz CT molecular complexity index is 340. The second-order valence-electron chi connectivity index (χ2n) is 6.98. The minimum atomic E-state index is 0.285. The molecule has 0 atom stereocenters. The number of hydrogen-bond acceptors (Lipinski definition) is 3. The Morgan fingerprint density at radius 1 is 1.15 bits per heavy atom. The maximum absolute atomic E-state index is 12.5. The van der Waals surface area contributed by atoms with Crippen molar-refractivity contribution in [2.75, 3.05) is 45.8 Å². The van der Waals surface area contributed by atoms with Crippen molar-refractivity contribution in [3.63, 3.8) is 0 Å². The van der Waals surface area contributed by atoms with Crippen LogP contribution in [0.4, 0.5) is 0 Å². The zero-order chi connectivity index (χ0) is 14.0. The van der Waals surface area contributed by atoms with E-state index in [0.717, 1.165) is 52.1 Å². The van der Waals surface area contributed by atoms with Gasteiger partial charge in [0.2, 0.25) is 5.91 Å². The van der Waals surface area contributed by atoms with Crippen LogP contribution >= 0.6 is 0 Å². The van der Waals surface area contributed by atoms with Crippen LogP contribution in [-0.2, 0) is 4.79 Å². The Kier molecular flexibility index (Phi) is 4.32. The van der Waals surface area contributed by atoms with E-state index in [1.165, 1.54) is 25.8 Å². The number of carbonyl (C=O) groups excluding carboxylic acids is 1. The van der Waals surface area contributed by atoms with Crippen LogP contribution in [0.2, 0.25) is 0 Å². The Labute approximate surface area is 122 Å². The van der Waals surface area contributed by atoms with E-state index in [2.05, 4.69) is 22.0 Å². The van der Waals surface area contributed by atoms with Crippen molar-refractivity contribution in [2.45, 2.75) is 39.0 Å². The van der Waals surface area contributed by atoms with E-state index in [-0.39, 0.29) is 5.92 Å². The summed E-state index contributed by atoms with van der Waals surface area (Å²) in [6, 6.07) is 0. The SMILES string of the molecule is CCC1(CN2CCN(C(=O)C3CCNCC3)CC2)CC1. The van der Waals surface area contributed by atoms with E-state index >= 15 is 0 Å². The van der Waals surface area contributed by atoms with Crippen LogP contribution < -0.4 is 5.32 Å². The Morgan fingerprint density at radius 3 is 2.35 bits per heavy atom. The third-order valence-electron chi connectivity index (χ3n) is 5.64. The van der Waals surface area contributed by atoms with E-state index in [4.69, 9.17) is 0 Å². The highest BCUT2D eigenvalue weighted by Crippen LogP contribution is 2.49. The summed E-state index contributed by atoms with van der Waals surface area (Å²) < 4.78 is 0. The maximum Gasteiger partial charge on any atom is 0.225 e. The normalized spacial score (nSPS) is 27.6.